The molecule has 3 heteroatoms. The lowest BCUT2D eigenvalue weighted by Crippen LogP contribution is -2.40. The Morgan fingerprint density at radius 2 is 2.20 bits per heavy atom. The summed E-state index contributed by atoms with van der Waals surface area (Å²) in [5.41, 5.74) is 1.36. The lowest BCUT2D eigenvalue weighted by molar-refractivity contribution is 0.337. The van der Waals surface area contributed by atoms with E-state index >= 15 is 0 Å². The molecule has 0 atom stereocenters. The van der Waals surface area contributed by atoms with Crippen molar-refractivity contribution in [2.75, 3.05) is 0 Å². The largest absolute Gasteiger partial charge is 0.306 e. The van der Waals surface area contributed by atoms with Crippen molar-refractivity contribution < 1.29 is 0 Å². The predicted molar refractivity (Wildman–Crippen MR) is 65.6 cm³/mol. The van der Waals surface area contributed by atoms with E-state index in [1.165, 1.54) is 12.8 Å². The zero-order valence-electron chi connectivity index (χ0n) is 9.26. The molecule has 82 valence electrons. The van der Waals surface area contributed by atoms with Gasteiger partial charge in [0, 0.05) is 22.8 Å². The SMILES string of the molecule is CC(C)(NCc1ccc(Br)cn1)C1CC1. The highest BCUT2D eigenvalue weighted by Crippen LogP contribution is 2.39. The van der Waals surface area contributed by atoms with Gasteiger partial charge in [-0.25, -0.2) is 0 Å². The third kappa shape index (κ3) is 3.02. The molecule has 0 amide bonds. The molecule has 1 aliphatic rings. The number of hydrogen-bond donors (Lipinski definition) is 1. The molecule has 0 unspecified atom stereocenters. The van der Waals surface area contributed by atoms with Crippen molar-refractivity contribution in [3.05, 3.63) is 28.5 Å². The molecule has 0 saturated heterocycles. The minimum absolute atomic E-state index is 0.259. The monoisotopic (exact) mass is 268 g/mol. The van der Waals surface area contributed by atoms with Crippen LogP contribution < -0.4 is 5.32 Å². The summed E-state index contributed by atoms with van der Waals surface area (Å²) < 4.78 is 1.03. The van der Waals surface area contributed by atoms with Crippen LogP contribution in [0, 0.1) is 5.92 Å². The van der Waals surface area contributed by atoms with Crippen LogP contribution in [-0.4, -0.2) is 10.5 Å². The molecule has 0 aliphatic heterocycles. The van der Waals surface area contributed by atoms with E-state index in [2.05, 4.69) is 46.1 Å². The van der Waals surface area contributed by atoms with E-state index in [9.17, 15) is 0 Å². The van der Waals surface area contributed by atoms with Crippen molar-refractivity contribution in [1.29, 1.82) is 0 Å². The molecule has 1 aliphatic carbocycles. The maximum absolute atomic E-state index is 4.35. The first-order valence-corrected chi connectivity index (χ1v) is 6.23. The third-order valence-corrected chi connectivity index (χ3v) is 3.58. The second-order valence-electron chi connectivity index (χ2n) is 4.82. The summed E-state index contributed by atoms with van der Waals surface area (Å²) in [6.45, 7) is 5.42. The predicted octanol–water partition coefficient (Wildman–Crippen LogP) is 3.12. The van der Waals surface area contributed by atoms with Gasteiger partial charge in [0.25, 0.3) is 0 Å². The smallest absolute Gasteiger partial charge is 0.0542 e. The van der Waals surface area contributed by atoms with Crippen molar-refractivity contribution in [2.45, 2.75) is 38.8 Å². The molecular weight excluding hydrogens is 252 g/mol. The summed E-state index contributed by atoms with van der Waals surface area (Å²) in [4.78, 5) is 4.35. The number of nitrogens with zero attached hydrogens (tertiary/aromatic N) is 1. The van der Waals surface area contributed by atoms with E-state index in [1.807, 2.05) is 12.3 Å². The molecule has 2 nitrogen and oxygen atoms in total. The molecule has 1 aromatic rings. The molecule has 1 N–H and O–H groups in total. The number of nitrogens with one attached hydrogen (secondary N) is 1. The molecule has 0 aromatic carbocycles. The van der Waals surface area contributed by atoms with Crippen LogP contribution in [0.1, 0.15) is 32.4 Å². The maximum Gasteiger partial charge on any atom is 0.0542 e. The van der Waals surface area contributed by atoms with Crippen molar-refractivity contribution in [1.82, 2.24) is 10.3 Å². The van der Waals surface area contributed by atoms with Gasteiger partial charge in [-0.3, -0.25) is 4.98 Å². The van der Waals surface area contributed by atoms with Crippen LogP contribution in [0.5, 0.6) is 0 Å². The molecule has 2 rings (SSSR count). The van der Waals surface area contributed by atoms with Crippen LogP contribution in [0.4, 0.5) is 0 Å². The standard InChI is InChI=1S/C12H17BrN2/c1-12(2,9-3-4-9)15-8-11-6-5-10(13)7-14-11/h5-7,9,15H,3-4,8H2,1-2H3. The highest BCUT2D eigenvalue weighted by atomic mass is 79.9. The molecular formula is C12H17BrN2. The topological polar surface area (TPSA) is 24.9 Å². The normalized spacial score (nSPS) is 16.7. The molecule has 1 aromatic heterocycles. The Morgan fingerprint density at radius 3 is 2.73 bits per heavy atom. The van der Waals surface area contributed by atoms with E-state index in [1.54, 1.807) is 0 Å². The molecule has 0 bridgehead atoms. The van der Waals surface area contributed by atoms with Crippen LogP contribution in [-0.2, 0) is 6.54 Å². The number of pyridine rings is 1. The maximum atomic E-state index is 4.35. The van der Waals surface area contributed by atoms with Gasteiger partial charge in [-0.2, -0.15) is 0 Å². The van der Waals surface area contributed by atoms with E-state index in [0.29, 0.717) is 0 Å². The van der Waals surface area contributed by atoms with E-state index in [4.69, 9.17) is 0 Å². The first-order valence-electron chi connectivity index (χ1n) is 5.43. The quantitative estimate of drug-likeness (QED) is 0.908. The van der Waals surface area contributed by atoms with Crippen LogP contribution in [0.25, 0.3) is 0 Å². The third-order valence-electron chi connectivity index (χ3n) is 3.11. The van der Waals surface area contributed by atoms with Crippen molar-refractivity contribution >= 4 is 15.9 Å². The number of rotatable bonds is 4. The second kappa shape index (κ2) is 4.22. The highest BCUT2D eigenvalue weighted by Gasteiger charge is 2.37. The van der Waals surface area contributed by atoms with Gasteiger partial charge in [0.1, 0.15) is 0 Å². The van der Waals surface area contributed by atoms with Crippen molar-refractivity contribution in [3.8, 4) is 0 Å². The molecule has 0 spiro atoms. The molecule has 15 heavy (non-hydrogen) atoms. The van der Waals surface area contributed by atoms with Crippen LogP contribution in [0.3, 0.4) is 0 Å². The second-order valence-corrected chi connectivity index (χ2v) is 5.73. The van der Waals surface area contributed by atoms with Gasteiger partial charge >= 0.3 is 0 Å². The lowest BCUT2D eigenvalue weighted by Gasteiger charge is -2.26. The van der Waals surface area contributed by atoms with Crippen molar-refractivity contribution in [2.24, 2.45) is 5.92 Å². The summed E-state index contributed by atoms with van der Waals surface area (Å²) >= 11 is 3.39. The fourth-order valence-corrected chi connectivity index (χ4v) is 2.01. The number of hydrogen-bond acceptors (Lipinski definition) is 2. The number of aromatic nitrogens is 1. The van der Waals surface area contributed by atoms with Gasteiger partial charge in [0.2, 0.25) is 0 Å². The minimum atomic E-state index is 0.259. The van der Waals surface area contributed by atoms with Gasteiger partial charge in [-0.05, 0) is 60.7 Å². The Labute approximate surface area is 99.6 Å². The van der Waals surface area contributed by atoms with E-state index < -0.39 is 0 Å². The van der Waals surface area contributed by atoms with Gasteiger partial charge in [-0.15, -0.1) is 0 Å². The lowest BCUT2D eigenvalue weighted by atomic mass is 9.99. The first-order chi connectivity index (χ1) is 7.08. The fraction of sp³-hybridized carbons (Fsp3) is 0.583. The molecule has 1 fully saturated rings. The summed E-state index contributed by atoms with van der Waals surface area (Å²) in [7, 11) is 0. The fourth-order valence-electron chi connectivity index (χ4n) is 1.78. The van der Waals surface area contributed by atoms with Crippen LogP contribution >= 0.6 is 15.9 Å². The minimum Gasteiger partial charge on any atom is -0.306 e. The molecule has 1 heterocycles. The number of halogens is 1. The van der Waals surface area contributed by atoms with Gasteiger partial charge in [-0.1, -0.05) is 0 Å². The van der Waals surface area contributed by atoms with Crippen molar-refractivity contribution in [3.63, 3.8) is 0 Å². The zero-order valence-corrected chi connectivity index (χ0v) is 10.8. The average molecular weight is 269 g/mol. The summed E-state index contributed by atoms with van der Waals surface area (Å²) in [6.07, 6.45) is 4.59. The van der Waals surface area contributed by atoms with E-state index in [0.717, 1.165) is 22.6 Å². The van der Waals surface area contributed by atoms with Gasteiger partial charge < -0.3 is 5.32 Å². The zero-order chi connectivity index (χ0) is 10.9. The first kappa shape index (κ1) is 11.1. The molecule has 1 saturated carbocycles. The summed E-state index contributed by atoms with van der Waals surface area (Å²) in [5, 5.41) is 3.58. The van der Waals surface area contributed by atoms with Gasteiger partial charge in [0.15, 0.2) is 0 Å². The summed E-state index contributed by atoms with van der Waals surface area (Å²) in [5.74, 6) is 0.855. The van der Waals surface area contributed by atoms with Crippen LogP contribution in [0.2, 0.25) is 0 Å². The van der Waals surface area contributed by atoms with E-state index in [-0.39, 0.29) is 5.54 Å². The van der Waals surface area contributed by atoms with Crippen LogP contribution in [0.15, 0.2) is 22.8 Å². The average Bonchev–Trinajstić information content (AvgIpc) is 3.00. The Kier molecular flexibility index (Phi) is 3.12. The summed E-state index contributed by atoms with van der Waals surface area (Å²) in [6, 6.07) is 4.09. The Bertz CT molecular complexity index is 328. The highest BCUT2D eigenvalue weighted by molar-refractivity contribution is 9.10. The molecule has 0 radical (unpaired) electrons. The van der Waals surface area contributed by atoms with Gasteiger partial charge in [0.05, 0.1) is 5.69 Å². The Hall–Kier alpha value is -0.410. The Balaban J connectivity index is 1.89. The Morgan fingerprint density at radius 1 is 1.47 bits per heavy atom.